The highest BCUT2D eigenvalue weighted by Gasteiger charge is 2.52. The highest BCUT2D eigenvalue weighted by atomic mass is 31.2. The number of hydrogen-bond acceptors (Lipinski definition) is 7. The Bertz CT molecular complexity index is 318. The van der Waals surface area contributed by atoms with E-state index in [0.717, 1.165) is 0 Å². The lowest BCUT2D eigenvalue weighted by atomic mass is 9.85. The van der Waals surface area contributed by atoms with E-state index in [4.69, 9.17) is 14.5 Å². The van der Waals surface area contributed by atoms with Crippen LogP contribution in [0.3, 0.4) is 0 Å². The van der Waals surface area contributed by atoms with Gasteiger partial charge in [0.25, 0.3) is 0 Å². The highest BCUT2D eigenvalue weighted by Crippen LogP contribution is 2.41. The van der Waals surface area contributed by atoms with Gasteiger partial charge in [0.1, 0.15) is 36.6 Å². The first-order valence-corrected chi connectivity index (χ1v) is 6.80. The molecule has 0 heterocycles. The molecule has 0 bridgehead atoms. The first-order chi connectivity index (χ1) is 8.19. The van der Waals surface area contributed by atoms with Gasteiger partial charge in [0, 0.05) is 6.61 Å². The molecule has 9 nitrogen and oxygen atoms in total. The maximum absolute atomic E-state index is 10.8. The minimum Gasteiger partial charge on any atom is -0.387 e. The van der Waals surface area contributed by atoms with Crippen molar-refractivity contribution in [2.75, 3.05) is 6.61 Å². The molecule has 0 aromatic heterocycles. The molecule has 6 atom stereocenters. The first kappa shape index (κ1) is 16.0. The smallest absolute Gasteiger partial charge is 0.387 e. The van der Waals surface area contributed by atoms with E-state index in [9.17, 15) is 25.0 Å². The number of rotatable bonds is 4. The molecule has 6 N–H and O–H groups in total. The Labute approximate surface area is 103 Å². The molecule has 0 amide bonds. The zero-order chi connectivity index (χ0) is 14.1. The zero-order valence-corrected chi connectivity index (χ0v) is 10.4. The second-order valence-electron chi connectivity index (χ2n) is 3.94. The lowest BCUT2D eigenvalue weighted by Gasteiger charge is -2.43. The highest BCUT2D eigenvalue weighted by molar-refractivity contribution is 7.46. The van der Waals surface area contributed by atoms with Crippen molar-refractivity contribution in [3.63, 3.8) is 0 Å². The zero-order valence-electron chi connectivity index (χ0n) is 9.53. The second kappa shape index (κ2) is 5.91. The van der Waals surface area contributed by atoms with E-state index in [-0.39, 0.29) is 6.61 Å². The van der Waals surface area contributed by atoms with Crippen LogP contribution in [0.25, 0.3) is 0 Å². The van der Waals surface area contributed by atoms with Gasteiger partial charge in [-0.25, -0.2) is 4.57 Å². The minimum atomic E-state index is -4.95. The summed E-state index contributed by atoms with van der Waals surface area (Å²) in [6.45, 7) is 1.60. The summed E-state index contributed by atoms with van der Waals surface area (Å²) in [5.74, 6) is 0. The van der Waals surface area contributed by atoms with Gasteiger partial charge in [-0.15, -0.1) is 0 Å². The Balaban J connectivity index is 2.96. The molecule has 0 aliphatic heterocycles. The molecule has 0 unspecified atom stereocenters. The van der Waals surface area contributed by atoms with E-state index in [1.165, 1.54) is 0 Å². The molecule has 1 aliphatic carbocycles. The molecule has 10 heteroatoms. The molecule has 0 spiro atoms. The van der Waals surface area contributed by atoms with Crippen LogP contribution in [0.15, 0.2) is 0 Å². The van der Waals surface area contributed by atoms with E-state index >= 15 is 0 Å². The average molecular weight is 288 g/mol. The molecule has 0 saturated heterocycles. The van der Waals surface area contributed by atoms with Gasteiger partial charge in [-0.1, -0.05) is 0 Å². The largest absolute Gasteiger partial charge is 0.470 e. The monoisotopic (exact) mass is 288 g/mol. The summed E-state index contributed by atoms with van der Waals surface area (Å²) in [7, 11) is -4.95. The van der Waals surface area contributed by atoms with Crippen molar-refractivity contribution in [1.82, 2.24) is 0 Å². The molecular formula is C8H17O9P. The van der Waals surface area contributed by atoms with Crippen molar-refractivity contribution in [1.29, 1.82) is 0 Å². The van der Waals surface area contributed by atoms with Gasteiger partial charge in [0.2, 0.25) is 0 Å². The fourth-order valence-electron chi connectivity index (χ4n) is 1.85. The van der Waals surface area contributed by atoms with Crippen molar-refractivity contribution >= 4 is 7.82 Å². The van der Waals surface area contributed by atoms with Crippen LogP contribution in [0.1, 0.15) is 6.92 Å². The Morgan fingerprint density at radius 2 is 1.39 bits per heavy atom. The molecule has 0 radical (unpaired) electrons. The normalized spacial score (nSPS) is 41.9. The predicted molar refractivity (Wildman–Crippen MR) is 56.4 cm³/mol. The summed E-state index contributed by atoms with van der Waals surface area (Å²) >= 11 is 0. The molecular weight excluding hydrogens is 271 g/mol. The summed E-state index contributed by atoms with van der Waals surface area (Å²) in [4.78, 5) is 17.4. The summed E-state index contributed by atoms with van der Waals surface area (Å²) in [5, 5.41) is 38.1. The Morgan fingerprint density at radius 3 is 1.78 bits per heavy atom. The minimum absolute atomic E-state index is 0.0538. The Morgan fingerprint density at radius 1 is 0.944 bits per heavy atom. The maximum Gasteiger partial charge on any atom is 0.470 e. The second-order valence-corrected chi connectivity index (χ2v) is 5.13. The molecule has 1 saturated carbocycles. The van der Waals surface area contributed by atoms with Crippen LogP contribution < -0.4 is 0 Å². The van der Waals surface area contributed by atoms with Gasteiger partial charge in [-0.05, 0) is 6.92 Å². The number of phosphoric ester groups is 1. The van der Waals surface area contributed by atoms with Crippen LogP contribution >= 0.6 is 7.82 Å². The van der Waals surface area contributed by atoms with Gasteiger partial charge >= 0.3 is 7.82 Å². The maximum atomic E-state index is 10.8. The standard InChI is InChI=1S/C8H17O9P/c1-2-16-7-5(11)3(9)4(10)6(12)8(7)17-18(13,14)15/h3-12H,2H2,1H3,(H2,13,14,15)/t3-,4-,5+,6+,7+,8-/m0/s1. The molecule has 0 aromatic carbocycles. The van der Waals surface area contributed by atoms with Crippen LogP contribution in [0.2, 0.25) is 0 Å². The van der Waals surface area contributed by atoms with Crippen molar-refractivity contribution in [2.45, 2.75) is 43.5 Å². The van der Waals surface area contributed by atoms with Crippen molar-refractivity contribution < 1.29 is 44.0 Å². The van der Waals surface area contributed by atoms with Crippen LogP contribution in [-0.2, 0) is 13.8 Å². The summed E-state index contributed by atoms with van der Waals surface area (Å²) < 4.78 is 20.1. The quantitative estimate of drug-likeness (QED) is 0.303. The molecule has 18 heavy (non-hydrogen) atoms. The summed E-state index contributed by atoms with van der Waals surface area (Å²) in [6, 6.07) is 0. The molecule has 1 fully saturated rings. The molecule has 1 aliphatic rings. The SMILES string of the molecule is CCO[C@@H]1[C@H](O)[C@@H](O)[C@H](O)[C@@H](O)[C@@H]1OP(=O)(O)O. The first-order valence-electron chi connectivity index (χ1n) is 5.27. The van der Waals surface area contributed by atoms with Crippen molar-refractivity contribution in [3.8, 4) is 0 Å². The van der Waals surface area contributed by atoms with Gasteiger partial charge in [-0.2, -0.15) is 0 Å². The fraction of sp³-hybridized carbons (Fsp3) is 1.00. The third kappa shape index (κ3) is 3.47. The summed E-state index contributed by atoms with van der Waals surface area (Å²) in [5.41, 5.74) is 0. The fourth-order valence-corrected chi connectivity index (χ4v) is 2.41. The van der Waals surface area contributed by atoms with Gasteiger partial charge in [0.15, 0.2) is 0 Å². The van der Waals surface area contributed by atoms with Gasteiger partial charge in [-0.3, -0.25) is 4.52 Å². The third-order valence-corrected chi connectivity index (χ3v) is 3.18. The van der Waals surface area contributed by atoms with E-state index in [1.54, 1.807) is 6.92 Å². The van der Waals surface area contributed by atoms with Gasteiger partial charge < -0.3 is 34.9 Å². The van der Waals surface area contributed by atoms with Crippen LogP contribution in [0.4, 0.5) is 0 Å². The van der Waals surface area contributed by atoms with E-state index in [1.807, 2.05) is 0 Å². The summed E-state index contributed by atoms with van der Waals surface area (Å²) in [6.07, 6.45) is -9.95. The predicted octanol–water partition coefficient (Wildman–Crippen LogP) is -2.67. The van der Waals surface area contributed by atoms with Crippen LogP contribution in [0.5, 0.6) is 0 Å². The van der Waals surface area contributed by atoms with Crippen molar-refractivity contribution in [2.24, 2.45) is 0 Å². The molecule has 0 aromatic rings. The van der Waals surface area contributed by atoms with E-state index < -0.39 is 44.4 Å². The number of ether oxygens (including phenoxy) is 1. The number of aliphatic hydroxyl groups excluding tert-OH is 4. The lowest BCUT2D eigenvalue weighted by molar-refractivity contribution is -0.230. The van der Waals surface area contributed by atoms with Gasteiger partial charge in [0.05, 0.1) is 0 Å². The average Bonchev–Trinajstić information content (AvgIpc) is 2.27. The lowest BCUT2D eigenvalue weighted by Crippen LogP contribution is -2.64. The van der Waals surface area contributed by atoms with Crippen LogP contribution in [-0.4, -0.2) is 73.4 Å². The third-order valence-electron chi connectivity index (χ3n) is 2.66. The van der Waals surface area contributed by atoms with Crippen molar-refractivity contribution in [3.05, 3.63) is 0 Å². The number of aliphatic hydroxyl groups is 4. The topological polar surface area (TPSA) is 157 Å². The van der Waals surface area contributed by atoms with Crippen LogP contribution in [0, 0.1) is 0 Å². The Kier molecular flexibility index (Phi) is 5.24. The number of hydrogen-bond donors (Lipinski definition) is 6. The Hall–Kier alpha value is -0.0900. The van der Waals surface area contributed by atoms with E-state index in [2.05, 4.69) is 4.52 Å². The van der Waals surface area contributed by atoms with E-state index in [0.29, 0.717) is 0 Å². The molecule has 108 valence electrons. The molecule has 1 rings (SSSR count). The number of phosphoric acid groups is 1.